The van der Waals surface area contributed by atoms with Crippen LogP contribution >= 0.6 is 23.2 Å². The van der Waals surface area contributed by atoms with Gasteiger partial charge in [-0.25, -0.2) is 0 Å². The Kier molecular flexibility index (Phi) is 8.06. The van der Waals surface area contributed by atoms with Crippen molar-refractivity contribution in [1.29, 1.82) is 5.26 Å². The molecule has 0 aromatic heterocycles. The third-order valence-electron chi connectivity index (χ3n) is 4.61. The van der Waals surface area contributed by atoms with E-state index in [1.165, 1.54) is 43.5 Å². The van der Waals surface area contributed by atoms with Crippen LogP contribution in [0.15, 0.2) is 60.2 Å². The molecule has 0 radical (unpaired) electrons. The van der Waals surface area contributed by atoms with Crippen molar-refractivity contribution in [3.8, 4) is 23.3 Å². The first kappa shape index (κ1) is 26.0. The van der Waals surface area contributed by atoms with Crippen molar-refractivity contribution >= 4 is 52.2 Å². The van der Waals surface area contributed by atoms with Gasteiger partial charge >= 0.3 is 5.69 Å². The van der Waals surface area contributed by atoms with Crippen LogP contribution in [-0.2, 0) is 4.79 Å². The Bertz CT molecular complexity index is 1450. The maximum absolute atomic E-state index is 12.6. The summed E-state index contributed by atoms with van der Waals surface area (Å²) in [5, 5.41) is 34.8. The van der Waals surface area contributed by atoms with E-state index in [1.807, 2.05) is 0 Å². The topological polar surface area (TPSA) is 158 Å². The maximum atomic E-state index is 12.6. The second-order valence-electron chi connectivity index (χ2n) is 6.93. The number of hydrogen-bond acceptors (Lipinski definition) is 8. The third-order valence-corrected chi connectivity index (χ3v) is 5.18. The van der Waals surface area contributed by atoms with Crippen molar-refractivity contribution < 1.29 is 24.1 Å². The largest absolute Gasteiger partial charge is 0.493 e. The lowest BCUT2D eigenvalue weighted by molar-refractivity contribution is -0.394. The highest BCUT2D eigenvalue weighted by Gasteiger charge is 2.22. The third kappa shape index (κ3) is 6.06. The van der Waals surface area contributed by atoms with Crippen LogP contribution in [-0.4, -0.2) is 22.9 Å². The summed E-state index contributed by atoms with van der Waals surface area (Å²) >= 11 is 12.0. The fraction of sp³-hybridized carbons (Fsp3) is 0.0435. The van der Waals surface area contributed by atoms with Gasteiger partial charge < -0.3 is 14.8 Å². The van der Waals surface area contributed by atoms with Crippen LogP contribution in [0, 0.1) is 31.6 Å². The first-order valence-corrected chi connectivity index (χ1v) is 10.6. The van der Waals surface area contributed by atoms with Crippen LogP contribution < -0.4 is 14.8 Å². The zero-order valence-corrected chi connectivity index (χ0v) is 19.7. The number of anilines is 1. The maximum Gasteiger partial charge on any atom is 0.318 e. The fourth-order valence-corrected chi connectivity index (χ4v) is 3.26. The lowest BCUT2D eigenvalue weighted by atomic mass is 10.1. The number of halogens is 2. The van der Waals surface area contributed by atoms with E-state index in [4.69, 9.17) is 32.7 Å². The average molecular weight is 529 g/mol. The van der Waals surface area contributed by atoms with Crippen LogP contribution in [0.3, 0.4) is 0 Å². The number of amides is 1. The standard InChI is InChI=1S/C23H14Cl2N4O7/c1-35-22-9-13(8-14(12-26)23(30)27-18-10-15(24)3-5-17(18)25)2-6-21(22)36-20-7-4-16(28(31)32)11-19(20)29(33)34/h2-11H,1H3,(H,27,30)/b14-8+. The van der Waals surface area contributed by atoms with Gasteiger partial charge in [-0.3, -0.25) is 25.0 Å². The Morgan fingerprint density at radius 3 is 2.36 bits per heavy atom. The molecule has 13 heteroatoms. The van der Waals surface area contributed by atoms with Crippen molar-refractivity contribution in [2.75, 3.05) is 12.4 Å². The Morgan fingerprint density at radius 1 is 1.00 bits per heavy atom. The summed E-state index contributed by atoms with van der Waals surface area (Å²) in [6, 6.07) is 13.5. The number of nitro benzene ring substituents is 2. The molecule has 3 rings (SSSR count). The lowest BCUT2D eigenvalue weighted by Gasteiger charge is -2.11. The van der Waals surface area contributed by atoms with Crippen molar-refractivity contribution in [1.82, 2.24) is 0 Å². The summed E-state index contributed by atoms with van der Waals surface area (Å²) in [5.74, 6) is -0.808. The Morgan fingerprint density at radius 2 is 1.72 bits per heavy atom. The minimum absolute atomic E-state index is 0.0558. The number of benzene rings is 3. The van der Waals surface area contributed by atoms with E-state index >= 15 is 0 Å². The Balaban J connectivity index is 1.89. The number of carbonyl (C=O) groups excluding carboxylic acids is 1. The van der Waals surface area contributed by atoms with Gasteiger partial charge in [0, 0.05) is 11.1 Å². The number of nitriles is 1. The average Bonchev–Trinajstić information content (AvgIpc) is 2.85. The second kappa shape index (κ2) is 11.2. The van der Waals surface area contributed by atoms with Gasteiger partial charge in [-0.05, 0) is 48.0 Å². The predicted molar refractivity (Wildman–Crippen MR) is 132 cm³/mol. The van der Waals surface area contributed by atoms with E-state index in [1.54, 1.807) is 12.1 Å². The summed E-state index contributed by atoms with van der Waals surface area (Å²) in [5.41, 5.74) is -0.739. The molecule has 0 unspecified atom stereocenters. The normalized spacial score (nSPS) is 10.8. The number of carbonyl (C=O) groups is 1. The number of nitrogens with one attached hydrogen (secondary N) is 1. The van der Waals surface area contributed by atoms with Gasteiger partial charge in [-0.2, -0.15) is 5.26 Å². The van der Waals surface area contributed by atoms with Crippen molar-refractivity contribution in [2.45, 2.75) is 0 Å². The molecule has 3 aromatic carbocycles. The van der Waals surface area contributed by atoms with E-state index in [0.29, 0.717) is 10.6 Å². The Labute approximate surface area is 213 Å². The predicted octanol–water partition coefficient (Wildman–Crippen LogP) is 6.16. The van der Waals surface area contributed by atoms with E-state index in [9.17, 15) is 30.3 Å². The van der Waals surface area contributed by atoms with Gasteiger partial charge in [0.2, 0.25) is 5.75 Å². The monoisotopic (exact) mass is 528 g/mol. The van der Waals surface area contributed by atoms with Crippen LogP contribution in [0.5, 0.6) is 17.2 Å². The van der Waals surface area contributed by atoms with E-state index < -0.39 is 27.1 Å². The number of nitro groups is 2. The highest BCUT2D eigenvalue weighted by molar-refractivity contribution is 6.36. The smallest absolute Gasteiger partial charge is 0.318 e. The van der Waals surface area contributed by atoms with Gasteiger partial charge in [0.05, 0.1) is 33.7 Å². The quantitative estimate of drug-likeness (QED) is 0.157. The SMILES string of the molecule is COc1cc(/C=C(\C#N)C(=O)Nc2cc(Cl)ccc2Cl)ccc1Oc1ccc([N+](=O)[O-])cc1[N+](=O)[O-]. The van der Waals surface area contributed by atoms with Crippen molar-refractivity contribution in [3.63, 3.8) is 0 Å². The summed E-state index contributed by atoms with van der Waals surface area (Å²) in [7, 11) is 1.32. The van der Waals surface area contributed by atoms with Gasteiger partial charge in [-0.15, -0.1) is 0 Å². The highest BCUT2D eigenvalue weighted by Crippen LogP contribution is 2.38. The van der Waals surface area contributed by atoms with Gasteiger partial charge in [0.15, 0.2) is 11.5 Å². The number of methoxy groups -OCH3 is 1. The molecule has 0 saturated heterocycles. The molecule has 3 aromatic rings. The molecule has 0 aliphatic carbocycles. The Hall–Kier alpha value is -4.66. The van der Waals surface area contributed by atoms with E-state index in [-0.39, 0.29) is 33.5 Å². The molecule has 182 valence electrons. The number of non-ortho nitro benzene ring substituents is 1. The van der Waals surface area contributed by atoms with Crippen LogP contribution in [0.4, 0.5) is 17.1 Å². The molecule has 0 spiro atoms. The van der Waals surface area contributed by atoms with Crippen LogP contribution in [0.1, 0.15) is 5.56 Å². The van der Waals surface area contributed by atoms with Crippen LogP contribution in [0.25, 0.3) is 6.08 Å². The van der Waals surface area contributed by atoms with Gasteiger partial charge in [0.25, 0.3) is 11.6 Å². The molecule has 36 heavy (non-hydrogen) atoms. The molecular formula is C23H14Cl2N4O7. The minimum Gasteiger partial charge on any atom is -0.493 e. The zero-order valence-electron chi connectivity index (χ0n) is 18.2. The molecule has 0 aliphatic rings. The van der Waals surface area contributed by atoms with Crippen molar-refractivity contribution in [2.24, 2.45) is 0 Å². The van der Waals surface area contributed by atoms with Crippen molar-refractivity contribution in [3.05, 3.63) is 96.0 Å². The summed E-state index contributed by atoms with van der Waals surface area (Å²) < 4.78 is 10.9. The lowest BCUT2D eigenvalue weighted by Crippen LogP contribution is -2.13. The molecule has 0 bridgehead atoms. The zero-order chi connectivity index (χ0) is 26.4. The second-order valence-corrected chi connectivity index (χ2v) is 7.77. The highest BCUT2D eigenvalue weighted by atomic mass is 35.5. The number of nitrogens with zero attached hydrogens (tertiary/aromatic N) is 3. The van der Waals surface area contributed by atoms with Crippen LogP contribution in [0.2, 0.25) is 10.0 Å². The molecular weight excluding hydrogens is 515 g/mol. The molecule has 1 N–H and O–H groups in total. The first-order valence-electron chi connectivity index (χ1n) is 9.80. The summed E-state index contributed by atoms with van der Waals surface area (Å²) in [6.07, 6.45) is 1.29. The minimum atomic E-state index is -0.810. The molecule has 1 amide bonds. The number of hydrogen-bond donors (Lipinski definition) is 1. The van der Waals surface area contributed by atoms with Gasteiger partial charge in [0.1, 0.15) is 11.6 Å². The molecule has 0 heterocycles. The number of rotatable bonds is 8. The molecule has 0 atom stereocenters. The summed E-state index contributed by atoms with van der Waals surface area (Å²) in [6.45, 7) is 0. The van der Waals surface area contributed by atoms with E-state index in [0.717, 1.165) is 18.2 Å². The molecule has 11 nitrogen and oxygen atoms in total. The first-order chi connectivity index (χ1) is 17.1. The van der Waals surface area contributed by atoms with E-state index in [2.05, 4.69) is 5.32 Å². The molecule has 0 aliphatic heterocycles. The van der Waals surface area contributed by atoms with Gasteiger partial charge in [-0.1, -0.05) is 29.3 Å². The summed E-state index contributed by atoms with van der Waals surface area (Å²) in [4.78, 5) is 33.3. The fourth-order valence-electron chi connectivity index (χ4n) is 2.92. The number of ether oxygens (including phenoxy) is 2. The molecule has 0 saturated carbocycles. The molecule has 0 fully saturated rings.